The second kappa shape index (κ2) is 14.5. The van der Waals surface area contributed by atoms with E-state index in [1.807, 2.05) is 10.9 Å². The predicted molar refractivity (Wildman–Crippen MR) is 182 cm³/mol. The quantitative estimate of drug-likeness (QED) is 0.125. The summed E-state index contributed by atoms with van der Waals surface area (Å²) in [5.74, 6) is -0.968. The number of aliphatic hydroxyl groups excluding tert-OH is 1. The molecule has 1 saturated carbocycles. The van der Waals surface area contributed by atoms with Crippen LogP contribution < -0.4 is 10.6 Å². The number of anilines is 4. The van der Waals surface area contributed by atoms with E-state index >= 15 is 0 Å². The Kier molecular flexibility index (Phi) is 10.3. The molecule has 2 aromatic carbocycles. The normalized spacial score (nSPS) is 18.0. The number of carbonyl (C=O) groups excluding carboxylic acids is 1. The number of aliphatic hydroxyl groups is 1. The van der Waals surface area contributed by atoms with Crippen LogP contribution in [0.15, 0.2) is 55.0 Å². The maximum atomic E-state index is 14.2. The fourth-order valence-electron chi connectivity index (χ4n) is 6.37. The van der Waals surface area contributed by atoms with E-state index in [1.54, 1.807) is 63.5 Å². The van der Waals surface area contributed by atoms with E-state index in [0.717, 1.165) is 24.0 Å². The lowest BCUT2D eigenvalue weighted by atomic mass is 9.93. The Bertz CT molecular complexity index is 1880. The number of nitrogens with zero attached hydrogens (tertiary/aromatic N) is 5. The summed E-state index contributed by atoms with van der Waals surface area (Å²) in [7, 11) is -1.69. The van der Waals surface area contributed by atoms with E-state index in [-0.39, 0.29) is 61.2 Å². The summed E-state index contributed by atoms with van der Waals surface area (Å²) in [5.41, 5.74) is 2.71. The first-order chi connectivity index (χ1) is 23.9. The van der Waals surface area contributed by atoms with Gasteiger partial charge in [0.15, 0.2) is 0 Å². The number of fused-ring (bicyclic) bond motifs is 1. The fraction of sp³-hybridized carbons (Fsp3) is 0.412. The molecule has 12 nitrogen and oxygen atoms in total. The predicted octanol–water partition coefficient (Wildman–Crippen LogP) is 7.67. The summed E-state index contributed by atoms with van der Waals surface area (Å²) >= 11 is 0. The van der Waals surface area contributed by atoms with E-state index in [9.17, 15) is 27.6 Å². The van der Waals surface area contributed by atoms with Gasteiger partial charge >= 0.3 is 13.8 Å². The van der Waals surface area contributed by atoms with Crippen LogP contribution in [-0.2, 0) is 32.5 Å². The minimum absolute atomic E-state index is 0.0602. The molecule has 0 atom stereocenters. The second-order valence-electron chi connectivity index (χ2n) is 12.4. The number of benzene rings is 2. The molecule has 0 radical (unpaired) electrons. The summed E-state index contributed by atoms with van der Waals surface area (Å²) in [6, 6.07) is 10.2. The molecule has 16 heteroatoms. The Morgan fingerprint density at radius 2 is 1.70 bits per heavy atom. The number of nitrogens with one attached hydrogen (secondary N) is 2. The third-order valence-electron chi connectivity index (χ3n) is 8.81. The molecule has 1 amide bonds. The van der Waals surface area contributed by atoms with Crippen LogP contribution in [0.4, 0.5) is 36.3 Å². The number of rotatable bonds is 12. The van der Waals surface area contributed by atoms with Crippen LogP contribution in [0.2, 0.25) is 0 Å². The lowest BCUT2D eigenvalue weighted by molar-refractivity contribution is -0.137. The highest BCUT2D eigenvalue weighted by Crippen LogP contribution is 2.51. The van der Waals surface area contributed by atoms with E-state index in [4.69, 9.17) is 9.05 Å². The summed E-state index contributed by atoms with van der Waals surface area (Å²) in [5, 5.41) is 20.2. The van der Waals surface area contributed by atoms with E-state index < -0.39 is 25.2 Å². The first-order valence-corrected chi connectivity index (χ1v) is 18.2. The van der Waals surface area contributed by atoms with E-state index in [0.29, 0.717) is 35.9 Å². The summed E-state index contributed by atoms with van der Waals surface area (Å²) in [6.45, 7) is 4.19. The number of alkyl halides is 3. The van der Waals surface area contributed by atoms with Crippen molar-refractivity contribution in [2.24, 2.45) is 0 Å². The monoisotopic (exact) mass is 713 g/mol. The van der Waals surface area contributed by atoms with Gasteiger partial charge in [0.1, 0.15) is 11.4 Å². The first kappa shape index (κ1) is 35.5. The van der Waals surface area contributed by atoms with Crippen molar-refractivity contribution < 1.29 is 36.7 Å². The molecular weight excluding hydrogens is 674 g/mol. The van der Waals surface area contributed by atoms with Gasteiger partial charge < -0.3 is 29.7 Å². The lowest BCUT2D eigenvalue weighted by Gasteiger charge is -2.25. The van der Waals surface area contributed by atoms with Gasteiger partial charge in [-0.05, 0) is 74.4 Å². The minimum atomic E-state index is -4.79. The summed E-state index contributed by atoms with van der Waals surface area (Å²) in [4.78, 5) is 23.0. The molecule has 3 heterocycles. The van der Waals surface area contributed by atoms with Crippen LogP contribution in [-0.4, -0.2) is 62.0 Å². The van der Waals surface area contributed by atoms with Crippen molar-refractivity contribution in [3.8, 4) is 11.1 Å². The molecule has 2 aromatic heterocycles. The molecular formula is C34H39F3N7O5P. The number of carbonyl (C=O) groups is 1. The standard InChI is InChI=1S/C34H39F3N7O5P/c1-4-48-50(47,49-5-2)20-21-6-8-23(9-7-21)40-33-38-17-28(34(35,36)37)31(42-33)41-29-15-14-26(27-19-43(3)32(46)30(27)29)22-16-39-44(18-22)24-10-12-25(45)13-11-24/h6-9,14-18,24-25,45H,4-5,10-13,19-20H2,1-3H3,(H2,38,40,41,42)/t24-,25-. The Balaban J connectivity index is 1.27. The van der Waals surface area contributed by atoms with Gasteiger partial charge in [0.25, 0.3) is 5.91 Å². The third kappa shape index (κ3) is 7.70. The molecule has 2 aliphatic rings. The third-order valence-corrected chi connectivity index (χ3v) is 10.9. The molecule has 4 aromatic rings. The van der Waals surface area contributed by atoms with Crippen LogP contribution in [0.1, 0.15) is 72.6 Å². The SMILES string of the molecule is CCOP(=O)(Cc1ccc(Nc2ncc(C(F)(F)F)c(Nc3ccc(-c4cnn([C@H]5CC[C@H](O)CC5)c4)c4c3C(=O)N(C)C4)n2)cc1)OCC. The first-order valence-electron chi connectivity index (χ1n) is 16.5. The smallest absolute Gasteiger partial charge is 0.393 e. The molecule has 266 valence electrons. The van der Waals surface area contributed by atoms with Crippen molar-refractivity contribution in [2.75, 3.05) is 30.9 Å². The van der Waals surface area contributed by atoms with Gasteiger partial charge in [-0.15, -0.1) is 0 Å². The summed E-state index contributed by atoms with van der Waals surface area (Å²) in [6.07, 6.45) is 2.33. The van der Waals surface area contributed by atoms with Crippen molar-refractivity contribution in [1.29, 1.82) is 0 Å². The molecule has 3 N–H and O–H groups in total. The summed E-state index contributed by atoms with van der Waals surface area (Å²) < 4.78 is 68.1. The number of hydrogen-bond donors (Lipinski definition) is 3. The van der Waals surface area contributed by atoms with Crippen LogP contribution in [0.5, 0.6) is 0 Å². The highest BCUT2D eigenvalue weighted by Gasteiger charge is 2.37. The molecule has 50 heavy (non-hydrogen) atoms. The number of amides is 1. The second-order valence-corrected chi connectivity index (χ2v) is 14.4. The van der Waals surface area contributed by atoms with Crippen LogP contribution in [0, 0.1) is 0 Å². The Hall–Kier alpha value is -4.30. The molecule has 6 rings (SSSR count). The maximum absolute atomic E-state index is 14.2. The van der Waals surface area contributed by atoms with Gasteiger partial charge in [0.2, 0.25) is 5.95 Å². The Morgan fingerprint density at radius 3 is 2.36 bits per heavy atom. The average Bonchev–Trinajstić information content (AvgIpc) is 3.67. The van der Waals surface area contributed by atoms with Crippen molar-refractivity contribution in [3.05, 3.63) is 77.2 Å². The highest BCUT2D eigenvalue weighted by atomic mass is 31.2. The van der Waals surface area contributed by atoms with Crippen LogP contribution >= 0.6 is 7.60 Å². The molecule has 1 fully saturated rings. The zero-order chi connectivity index (χ0) is 35.6. The fourth-order valence-corrected chi connectivity index (χ4v) is 8.07. The number of aromatic nitrogens is 4. The zero-order valence-electron chi connectivity index (χ0n) is 27.9. The van der Waals surface area contributed by atoms with Crippen LogP contribution in [0.25, 0.3) is 11.1 Å². The van der Waals surface area contributed by atoms with Crippen LogP contribution in [0.3, 0.4) is 0 Å². The van der Waals surface area contributed by atoms with Crippen molar-refractivity contribution >= 4 is 36.6 Å². The van der Waals surface area contributed by atoms with E-state index in [2.05, 4.69) is 25.7 Å². The number of hydrogen-bond acceptors (Lipinski definition) is 10. The van der Waals surface area contributed by atoms with Gasteiger partial charge in [-0.3, -0.25) is 14.0 Å². The van der Waals surface area contributed by atoms with Gasteiger partial charge in [0, 0.05) is 37.2 Å². The Labute approximate surface area is 287 Å². The topological polar surface area (TPSA) is 144 Å². The zero-order valence-corrected chi connectivity index (χ0v) is 28.8. The van der Waals surface area contributed by atoms with Crippen molar-refractivity contribution in [1.82, 2.24) is 24.6 Å². The maximum Gasteiger partial charge on any atom is 0.421 e. The van der Waals surface area contributed by atoms with Gasteiger partial charge in [-0.25, -0.2) is 4.98 Å². The highest BCUT2D eigenvalue weighted by molar-refractivity contribution is 7.53. The van der Waals surface area contributed by atoms with E-state index in [1.165, 1.54) is 4.90 Å². The van der Waals surface area contributed by atoms with Crippen molar-refractivity contribution in [2.45, 2.75) is 70.6 Å². The average molecular weight is 714 g/mol. The number of halogens is 3. The van der Waals surface area contributed by atoms with Gasteiger partial charge in [-0.1, -0.05) is 18.2 Å². The molecule has 1 aliphatic heterocycles. The molecule has 0 saturated heterocycles. The minimum Gasteiger partial charge on any atom is -0.393 e. The molecule has 0 unspecified atom stereocenters. The molecule has 0 spiro atoms. The Morgan fingerprint density at radius 1 is 1.00 bits per heavy atom. The largest absolute Gasteiger partial charge is 0.421 e. The van der Waals surface area contributed by atoms with Crippen molar-refractivity contribution in [3.63, 3.8) is 0 Å². The lowest BCUT2D eigenvalue weighted by Crippen LogP contribution is -2.21. The van der Waals surface area contributed by atoms with Gasteiger partial charge in [0.05, 0.1) is 49.0 Å². The van der Waals surface area contributed by atoms with Gasteiger partial charge in [-0.2, -0.15) is 23.3 Å². The molecule has 0 bridgehead atoms. The molecule has 1 aliphatic carbocycles.